The van der Waals surface area contributed by atoms with E-state index in [0.717, 1.165) is 19.3 Å². The van der Waals surface area contributed by atoms with Crippen molar-refractivity contribution in [1.82, 2.24) is 0 Å². The molecule has 0 bridgehead atoms. The second-order valence-electron chi connectivity index (χ2n) is 10.2. The monoisotopic (exact) mass is 486 g/mol. The summed E-state index contributed by atoms with van der Waals surface area (Å²) in [6.07, 6.45) is 16.5. The fourth-order valence-corrected chi connectivity index (χ4v) is 4.95. The molecule has 34 heavy (non-hydrogen) atoms. The van der Waals surface area contributed by atoms with E-state index in [1.165, 1.54) is 77.0 Å². The van der Waals surface area contributed by atoms with Gasteiger partial charge >= 0.3 is 5.97 Å². The maximum Gasteiger partial charge on any atom is 0.306 e. The van der Waals surface area contributed by atoms with Gasteiger partial charge in [-0.15, -0.1) is 0 Å². The summed E-state index contributed by atoms with van der Waals surface area (Å²) in [5.41, 5.74) is 0. The fourth-order valence-electron chi connectivity index (χ4n) is 4.95. The lowest BCUT2D eigenvalue weighted by atomic mass is 10.0. The summed E-state index contributed by atoms with van der Waals surface area (Å²) < 4.78 is 22.5. The maximum absolute atomic E-state index is 12.4. The molecule has 2 fully saturated rings. The van der Waals surface area contributed by atoms with Crippen LogP contribution in [0, 0.1) is 0 Å². The zero-order chi connectivity index (χ0) is 24.7. The Morgan fingerprint density at radius 3 is 1.88 bits per heavy atom. The third kappa shape index (κ3) is 10.1. The van der Waals surface area contributed by atoms with Gasteiger partial charge in [0.2, 0.25) is 5.79 Å². The van der Waals surface area contributed by atoms with Crippen LogP contribution in [0.15, 0.2) is 0 Å². The molecule has 0 spiro atoms. The molecule has 2 N–H and O–H groups in total. The van der Waals surface area contributed by atoms with E-state index >= 15 is 0 Å². The minimum absolute atomic E-state index is 0.0183. The molecular weight excluding hydrogens is 436 g/mol. The van der Waals surface area contributed by atoms with Gasteiger partial charge in [-0.3, -0.25) is 4.79 Å². The van der Waals surface area contributed by atoms with E-state index in [2.05, 4.69) is 6.92 Å². The highest BCUT2D eigenvalue weighted by atomic mass is 16.8. The Hall–Kier alpha value is -0.730. The second kappa shape index (κ2) is 16.9. The Morgan fingerprint density at radius 2 is 1.41 bits per heavy atom. The lowest BCUT2D eigenvalue weighted by Gasteiger charge is -2.34. The highest BCUT2D eigenvalue weighted by Crippen LogP contribution is 2.35. The quantitative estimate of drug-likeness (QED) is 0.195. The van der Waals surface area contributed by atoms with Crippen molar-refractivity contribution in [1.29, 1.82) is 0 Å². The third-order valence-corrected chi connectivity index (χ3v) is 6.99. The van der Waals surface area contributed by atoms with Crippen molar-refractivity contribution in [3.8, 4) is 0 Å². The van der Waals surface area contributed by atoms with Gasteiger partial charge in [-0.2, -0.15) is 0 Å². The summed E-state index contributed by atoms with van der Waals surface area (Å²) in [6.45, 7) is 4.00. The van der Waals surface area contributed by atoms with Crippen molar-refractivity contribution >= 4 is 5.97 Å². The van der Waals surface area contributed by atoms with Gasteiger partial charge in [-0.1, -0.05) is 96.8 Å². The highest BCUT2D eigenvalue weighted by Gasteiger charge is 2.56. The van der Waals surface area contributed by atoms with E-state index < -0.39 is 30.7 Å². The van der Waals surface area contributed by atoms with Gasteiger partial charge in [0, 0.05) is 6.42 Å². The molecule has 5 atom stereocenters. The second-order valence-corrected chi connectivity index (χ2v) is 10.2. The van der Waals surface area contributed by atoms with Gasteiger partial charge in [0.1, 0.15) is 12.7 Å². The third-order valence-electron chi connectivity index (χ3n) is 6.99. The van der Waals surface area contributed by atoms with Crippen molar-refractivity contribution in [3.63, 3.8) is 0 Å². The molecule has 0 aromatic heterocycles. The summed E-state index contributed by atoms with van der Waals surface area (Å²) in [5, 5.41) is 20.1. The van der Waals surface area contributed by atoms with Crippen molar-refractivity contribution in [2.75, 3.05) is 19.8 Å². The Morgan fingerprint density at radius 1 is 0.882 bits per heavy atom. The lowest BCUT2D eigenvalue weighted by molar-refractivity contribution is -0.262. The number of aliphatic hydroxyl groups excluding tert-OH is 2. The van der Waals surface area contributed by atoms with Crippen LogP contribution < -0.4 is 0 Å². The zero-order valence-corrected chi connectivity index (χ0v) is 21.7. The molecule has 0 aromatic rings. The van der Waals surface area contributed by atoms with Gasteiger partial charge < -0.3 is 29.2 Å². The van der Waals surface area contributed by atoms with Crippen LogP contribution in [0.2, 0.25) is 0 Å². The van der Waals surface area contributed by atoms with Crippen LogP contribution in [0.4, 0.5) is 0 Å². The number of unbranched alkanes of at least 4 members (excludes halogenated alkanes) is 14. The Balaban J connectivity index is 1.48. The smallest absolute Gasteiger partial charge is 0.306 e. The molecule has 2 aliphatic rings. The van der Waals surface area contributed by atoms with Gasteiger partial charge in [-0.05, 0) is 13.3 Å². The summed E-state index contributed by atoms with van der Waals surface area (Å²) in [7, 11) is 0. The number of rotatable bonds is 19. The molecule has 2 saturated heterocycles. The van der Waals surface area contributed by atoms with Gasteiger partial charge in [0.15, 0.2) is 12.2 Å². The highest BCUT2D eigenvalue weighted by molar-refractivity contribution is 5.69. The molecule has 0 aromatic carbocycles. The number of ether oxygens (including phenoxy) is 4. The molecule has 0 radical (unpaired) electrons. The van der Waals surface area contributed by atoms with E-state index in [4.69, 9.17) is 18.9 Å². The molecule has 0 amide bonds. The van der Waals surface area contributed by atoms with E-state index in [0.29, 0.717) is 13.0 Å². The number of hydrogen-bond acceptors (Lipinski definition) is 7. The molecule has 0 saturated carbocycles. The number of carbonyl (C=O) groups is 1. The average molecular weight is 487 g/mol. The molecule has 0 aliphatic carbocycles. The number of carbonyl (C=O) groups excluding carboxylic acids is 1. The molecule has 1 unspecified atom stereocenters. The molecule has 7 nitrogen and oxygen atoms in total. The zero-order valence-electron chi connectivity index (χ0n) is 21.7. The van der Waals surface area contributed by atoms with Crippen molar-refractivity contribution in [3.05, 3.63) is 0 Å². The predicted molar refractivity (Wildman–Crippen MR) is 131 cm³/mol. The lowest BCUT2D eigenvalue weighted by Crippen LogP contribution is -2.54. The Bertz CT molecular complexity index is 543. The largest absolute Gasteiger partial charge is 0.456 e. The van der Waals surface area contributed by atoms with Crippen molar-refractivity contribution in [2.24, 2.45) is 0 Å². The maximum atomic E-state index is 12.4. The number of aliphatic hydroxyl groups is 2. The molecule has 2 heterocycles. The Kier molecular flexibility index (Phi) is 14.6. The van der Waals surface area contributed by atoms with Gasteiger partial charge in [0.05, 0.1) is 19.3 Å². The van der Waals surface area contributed by atoms with Crippen LogP contribution in [0.5, 0.6) is 0 Å². The van der Waals surface area contributed by atoms with E-state index in [9.17, 15) is 15.0 Å². The standard InChI is InChI=1S/C27H50O7/c1-3-4-5-6-7-8-9-10-11-12-13-14-15-16-17-18-24(30)33-25-23(29)20-31-26(25)27(21-28)32-19-22(2)34-27/h22-23,25-26,28-29H,3-21H2,1-2H3/t22?,23-,25+,26-,27-/m0/s1. The van der Waals surface area contributed by atoms with Gasteiger partial charge in [0.25, 0.3) is 0 Å². The topological polar surface area (TPSA) is 94.5 Å². The van der Waals surface area contributed by atoms with Crippen LogP contribution in [0.3, 0.4) is 0 Å². The Labute approximate surface area is 206 Å². The van der Waals surface area contributed by atoms with Crippen LogP contribution in [0.1, 0.15) is 117 Å². The summed E-state index contributed by atoms with van der Waals surface area (Å²) in [5.74, 6) is -1.75. The number of hydrogen-bond donors (Lipinski definition) is 2. The summed E-state index contributed by atoms with van der Waals surface area (Å²) >= 11 is 0. The van der Waals surface area contributed by atoms with Gasteiger partial charge in [-0.25, -0.2) is 0 Å². The molecule has 2 rings (SSSR count). The first-order valence-electron chi connectivity index (χ1n) is 13.9. The molecular formula is C27H50O7. The first-order valence-corrected chi connectivity index (χ1v) is 13.9. The van der Waals surface area contributed by atoms with Crippen molar-refractivity contribution in [2.45, 2.75) is 147 Å². The number of esters is 1. The molecule has 7 heteroatoms. The van der Waals surface area contributed by atoms with Crippen LogP contribution >= 0.6 is 0 Å². The van der Waals surface area contributed by atoms with Crippen molar-refractivity contribution < 1.29 is 34.0 Å². The normalized spacial score (nSPS) is 29.1. The molecule has 200 valence electrons. The van der Waals surface area contributed by atoms with Crippen LogP contribution in [0.25, 0.3) is 0 Å². The van der Waals surface area contributed by atoms with Crippen LogP contribution in [-0.2, 0) is 23.7 Å². The minimum atomic E-state index is -1.39. The molecule has 2 aliphatic heterocycles. The minimum Gasteiger partial charge on any atom is -0.456 e. The fraction of sp³-hybridized carbons (Fsp3) is 0.963. The van der Waals surface area contributed by atoms with E-state index in [1.807, 2.05) is 6.92 Å². The summed E-state index contributed by atoms with van der Waals surface area (Å²) in [6, 6.07) is 0. The average Bonchev–Trinajstić information content (AvgIpc) is 3.39. The van der Waals surface area contributed by atoms with Crippen LogP contribution in [-0.4, -0.2) is 66.2 Å². The predicted octanol–water partition coefficient (Wildman–Crippen LogP) is 5.04. The first kappa shape index (κ1) is 29.5. The van der Waals surface area contributed by atoms with E-state index in [1.54, 1.807) is 0 Å². The van der Waals surface area contributed by atoms with E-state index in [-0.39, 0.29) is 18.7 Å². The SMILES string of the molecule is CCCCCCCCCCCCCCCCCC(=O)O[C@@H]1[C@@H](O)CO[C@@H]1[C@@]1(CO)OCC(C)O1. The summed E-state index contributed by atoms with van der Waals surface area (Å²) in [4.78, 5) is 12.4. The first-order chi connectivity index (χ1) is 16.5.